The minimum absolute atomic E-state index is 0.0546. The number of nitriles is 1. The maximum atomic E-state index is 9.19. The fraction of sp³-hybridized carbons (Fsp3) is 0.562. The van der Waals surface area contributed by atoms with Crippen molar-refractivity contribution in [3.8, 4) is 11.8 Å². The first kappa shape index (κ1) is 13.0. The predicted octanol–water partition coefficient (Wildman–Crippen LogP) is 4.07. The number of rotatable bonds is 2. The Kier molecular flexibility index (Phi) is 3.91. The minimum Gasteiger partial charge on any atom is -0.489 e. The van der Waals surface area contributed by atoms with Crippen molar-refractivity contribution in [2.75, 3.05) is 0 Å². The maximum Gasteiger partial charge on any atom is 0.123 e. The molecular weight excluding hydrogens is 222 g/mol. The molecule has 2 unspecified atom stereocenters. The maximum absolute atomic E-state index is 9.19. The highest BCUT2D eigenvalue weighted by Crippen LogP contribution is 2.31. The molecular formula is C16H21NO. The molecule has 0 heterocycles. The van der Waals surface area contributed by atoms with E-state index >= 15 is 0 Å². The van der Waals surface area contributed by atoms with Gasteiger partial charge in [0.1, 0.15) is 11.9 Å². The summed E-state index contributed by atoms with van der Waals surface area (Å²) in [5.41, 5.74) is 3.68. The quantitative estimate of drug-likeness (QED) is 0.784. The van der Waals surface area contributed by atoms with Gasteiger partial charge in [0, 0.05) is 0 Å². The molecule has 0 radical (unpaired) electrons. The Balaban J connectivity index is 2.20. The van der Waals surface area contributed by atoms with Crippen LogP contribution in [-0.4, -0.2) is 6.10 Å². The van der Waals surface area contributed by atoms with Crippen LogP contribution in [0, 0.1) is 38.0 Å². The number of ether oxygens (including phenoxy) is 1. The van der Waals surface area contributed by atoms with E-state index < -0.39 is 0 Å². The zero-order chi connectivity index (χ0) is 13.1. The Bertz CT molecular complexity index is 473. The first-order chi connectivity index (χ1) is 8.61. The third-order valence-electron chi connectivity index (χ3n) is 3.91. The van der Waals surface area contributed by atoms with Crippen molar-refractivity contribution >= 4 is 0 Å². The summed E-state index contributed by atoms with van der Waals surface area (Å²) in [5, 5.41) is 9.19. The van der Waals surface area contributed by atoms with E-state index in [1.807, 2.05) is 0 Å². The van der Waals surface area contributed by atoms with E-state index in [2.05, 4.69) is 39.0 Å². The van der Waals surface area contributed by atoms with Gasteiger partial charge in [-0.15, -0.1) is 0 Å². The Hall–Kier alpha value is -1.49. The predicted molar refractivity (Wildman–Crippen MR) is 72.6 cm³/mol. The van der Waals surface area contributed by atoms with Gasteiger partial charge in [0.2, 0.25) is 0 Å². The third-order valence-corrected chi connectivity index (χ3v) is 3.91. The molecule has 96 valence electrons. The van der Waals surface area contributed by atoms with Crippen LogP contribution in [0.5, 0.6) is 5.75 Å². The monoisotopic (exact) mass is 243 g/mol. The van der Waals surface area contributed by atoms with Crippen LogP contribution in [-0.2, 0) is 0 Å². The van der Waals surface area contributed by atoms with E-state index in [0.29, 0.717) is 0 Å². The van der Waals surface area contributed by atoms with Crippen molar-refractivity contribution in [3.63, 3.8) is 0 Å². The highest BCUT2D eigenvalue weighted by Gasteiger charge is 2.27. The molecule has 2 heteroatoms. The summed E-state index contributed by atoms with van der Waals surface area (Å²) >= 11 is 0. The molecule has 0 aliphatic heterocycles. The summed E-state index contributed by atoms with van der Waals surface area (Å²) in [4.78, 5) is 0. The molecule has 2 atom stereocenters. The van der Waals surface area contributed by atoms with Gasteiger partial charge < -0.3 is 4.74 Å². The first-order valence-electron chi connectivity index (χ1n) is 6.76. The van der Waals surface area contributed by atoms with Gasteiger partial charge in [0.05, 0.1) is 12.0 Å². The molecule has 1 aliphatic rings. The zero-order valence-corrected chi connectivity index (χ0v) is 11.5. The summed E-state index contributed by atoms with van der Waals surface area (Å²) in [6, 6.07) is 6.66. The van der Waals surface area contributed by atoms with E-state index in [9.17, 15) is 5.26 Å². The van der Waals surface area contributed by atoms with Crippen molar-refractivity contribution in [1.29, 1.82) is 5.26 Å². The first-order valence-corrected chi connectivity index (χ1v) is 6.76. The van der Waals surface area contributed by atoms with Gasteiger partial charge in [0.15, 0.2) is 0 Å². The van der Waals surface area contributed by atoms with Gasteiger partial charge in [-0.05, 0) is 62.8 Å². The van der Waals surface area contributed by atoms with Gasteiger partial charge >= 0.3 is 0 Å². The fourth-order valence-corrected chi connectivity index (χ4v) is 2.67. The van der Waals surface area contributed by atoms with E-state index in [-0.39, 0.29) is 12.0 Å². The molecule has 0 saturated heterocycles. The Morgan fingerprint density at radius 2 is 1.89 bits per heavy atom. The molecule has 1 aromatic rings. The molecule has 0 spiro atoms. The third kappa shape index (κ3) is 2.67. The molecule has 0 bridgehead atoms. The van der Waals surface area contributed by atoms with Crippen LogP contribution in [0.15, 0.2) is 12.1 Å². The van der Waals surface area contributed by atoms with E-state index in [1.54, 1.807) is 0 Å². The smallest absolute Gasteiger partial charge is 0.123 e. The average Bonchev–Trinajstić information content (AvgIpc) is 2.36. The second-order valence-corrected chi connectivity index (χ2v) is 5.38. The molecule has 0 aromatic heterocycles. The normalized spacial score (nSPS) is 23.4. The van der Waals surface area contributed by atoms with E-state index in [0.717, 1.165) is 25.0 Å². The largest absolute Gasteiger partial charge is 0.489 e. The number of benzene rings is 1. The second kappa shape index (κ2) is 5.44. The van der Waals surface area contributed by atoms with Crippen LogP contribution in [0.2, 0.25) is 0 Å². The number of aryl methyl sites for hydroxylation is 2. The van der Waals surface area contributed by atoms with Crippen LogP contribution < -0.4 is 4.74 Å². The summed E-state index contributed by atoms with van der Waals surface area (Å²) < 4.78 is 6.13. The molecule has 18 heavy (non-hydrogen) atoms. The fourth-order valence-electron chi connectivity index (χ4n) is 2.67. The van der Waals surface area contributed by atoms with Gasteiger partial charge in [-0.3, -0.25) is 0 Å². The molecule has 2 rings (SSSR count). The topological polar surface area (TPSA) is 33.0 Å². The molecule has 1 fully saturated rings. The average molecular weight is 243 g/mol. The summed E-state index contributed by atoms with van der Waals surface area (Å²) in [5.74, 6) is 1.01. The van der Waals surface area contributed by atoms with Crippen molar-refractivity contribution in [3.05, 3.63) is 28.8 Å². The van der Waals surface area contributed by atoms with Crippen molar-refractivity contribution in [2.24, 2.45) is 5.92 Å². The lowest BCUT2D eigenvalue weighted by Crippen LogP contribution is -2.29. The molecule has 1 aromatic carbocycles. The minimum atomic E-state index is 0.0546. The summed E-state index contributed by atoms with van der Waals surface area (Å²) in [6.45, 7) is 6.29. The van der Waals surface area contributed by atoms with Gasteiger partial charge in [0.25, 0.3) is 0 Å². The number of hydrogen-bond donors (Lipinski definition) is 0. The zero-order valence-electron chi connectivity index (χ0n) is 11.5. The van der Waals surface area contributed by atoms with Crippen molar-refractivity contribution < 1.29 is 4.74 Å². The van der Waals surface area contributed by atoms with Gasteiger partial charge in [-0.1, -0.05) is 12.5 Å². The Morgan fingerprint density at radius 1 is 1.17 bits per heavy atom. The second-order valence-electron chi connectivity index (χ2n) is 5.38. The van der Waals surface area contributed by atoms with Crippen LogP contribution in [0.4, 0.5) is 0 Å². The number of nitrogens with zero attached hydrogens (tertiary/aromatic N) is 1. The lowest BCUT2D eigenvalue weighted by atomic mass is 9.87. The Labute approximate surface area is 110 Å². The van der Waals surface area contributed by atoms with Crippen LogP contribution in [0.1, 0.15) is 42.4 Å². The van der Waals surface area contributed by atoms with Crippen LogP contribution in [0.25, 0.3) is 0 Å². The molecule has 2 nitrogen and oxygen atoms in total. The van der Waals surface area contributed by atoms with Crippen LogP contribution in [0.3, 0.4) is 0 Å². The summed E-state index contributed by atoms with van der Waals surface area (Å²) in [7, 11) is 0. The van der Waals surface area contributed by atoms with Crippen LogP contribution >= 0.6 is 0 Å². The molecule has 1 saturated carbocycles. The van der Waals surface area contributed by atoms with Crippen molar-refractivity contribution in [1.82, 2.24) is 0 Å². The Morgan fingerprint density at radius 3 is 2.61 bits per heavy atom. The van der Waals surface area contributed by atoms with Crippen molar-refractivity contribution in [2.45, 2.75) is 52.6 Å². The molecule has 0 N–H and O–H groups in total. The van der Waals surface area contributed by atoms with Gasteiger partial charge in [-0.25, -0.2) is 0 Å². The molecule has 1 aliphatic carbocycles. The lowest BCUT2D eigenvalue weighted by Gasteiger charge is -2.28. The number of hydrogen-bond acceptors (Lipinski definition) is 2. The van der Waals surface area contributed by atoms with E-state index in [1.165, 1.54) is 23.1 Å². The standard InChI is InChI=1S/C16H21NO/c1-11-8-12(2)13(3)16(9-11)18-15-7-5-4-6-14(15)10-17/h8-9,14-15H,4-7H2,1-3H3. The highest BCUT2D eigenvalue weighted by atomic mass is 16.5. The summed E-state index contributed by atoms with van der Waals surface area (Å²) in [6.07, 6.45) is 4.38. The van der Waals surface area contributed by atoms with E-state index in [4.69, 9.17) is 4.74 Å². The lowest BCUT2D eigenvalue weighted by molar-refractivity contribution is 0.119. The SMILES string of the molecule is Cc1cc(C)c(C)c(OC2CCCCC2C#N)c1. The molecule has 0 amide bonds. The van der Waals surface area contributed by atoms with Gasteiger partial charge in [-0.2, -0.15) is 5.26 Å². The highest BCUT2D eigenvalue weighted by molar-refractivity contribution is 5.42.